The van der Waals surface area contributed by atoms with Crippen LogP contribution < -0.4 is 14.8 Å². The van der Waals surface area contributed by atoms with Gasteiger partial charge in [0.2, 0.25) is 0 Å². The molecular formula is C26H27NO5. The zero-order valence-electron chi connectivity index (χ0n) is 18.2. The molecule has 0 heterocycles. The first kappa shape index (κ1) is 22.9. The Balaban J connectivity index is 1.45. The van der Waals surface area contributed by atoms with Gasteiger partial charge in [0.15, 0.2) is 6.10 Å². The number of ether oxygens (including phenoxy) is 3. The first-order valence-electron chi connectivity index (χ1n) is 10.5. The topological polar surface area (TPSA) is 73.9 Å². The van der Waals surface area contributed by atoms with Gasteiger partial charge in [-0.25, -0.2) is 0 Å². The summed E-state index contributed by atoms with van der Waals surface area (Å²) in [6.07, 6.45) is -0.265. The van der Waals surface area contributed by atoms with Gasteiger partial charge >= 0.3 is 5.97 Å². The first-order chi connectivity index (χ1) is 15.6. The van der Waals surface area contributed by atoms with Gasteiger partial charge in [0, 0.05) is 17.7 Å². The van der Waals surface area contributed by atoms with E-state index in [-0.39, 0.29) is 12.3 Å². The van der Waals surface area contributed by atoms with E-state index >= 15 is 0 Å². The Morgan fingerprint density at radius 3 is 2.25 bits per heavy atom. The lowest BCUT2D eigenvalue weighted by atomic mass is 10.0. The zero-order chi connectivity index (χ0) is 22.8. The fraction of sp³-hybridized carbons (Fsp3) is 0.231. The summed E-state index contributed by atoms with van der Waals surface area (Å²) >= 11 is 0. The van der Waals surface area contributed by atoms with Crippen LogP contribution in [0.15, 0.2) is 78.9 Å². The lowest BCUT2D eigenvalue weighted by Gasteiger charge is -2.16. The van der Waals surface area contributed by atoms with Crippen molar-refractivity contribution in [2.75, 3.05) is 19.0 Å². The molecule has 6 heteroatoms. The minimum Gasteiger partial charge on any atom is -0.497 e. The van der Waals surface area contributed by atoms with Crippen molar-refractivity contribution in [3.8, 4) is 22.6 Å². The van der Waals surface area contributed by atoms with Crippen molar-refractivity contribution in [1.29, 1.82) is 0 Å². The van der Waals surface area contributed by atoms with Crippen LogP contribution in [0.1, 0.15) is 19.8 Å². The molecule has 0 fully saturated rings. The van der Waals surface area contributed by atoms with E-state index in [0.717, 1.165) is 16.9 Å². The summed E-state index contributed by atoms with van der Waals surface area (Å²) in [5.41, 5.74) is 2.56. The molecule has 3 rings (SSSR count). The van der Waals surface area contributed by atoms with Crippen molar-refractivity contribution in [2.24, 2.45) is 0 Å². The maximum Gasteiger partial charge on any atom is 0.306 e. The van der Waals surface area contributed by atoms with Gasteiger partial charge in [0.25, 0.3) is 5.91 Å². The van der Waals surface area contributed by atoms with Crippen molar-refractivity contribution >= 4 is 17.6 Å². The Kier molecular flexibility index (Phi) is 8.26. The minimum absolute atomic E-state index is 0.161. The smallest absolute Gasteiger partial charge is 0.306 e. The van der Waals surface area contributed by atoms with Crippen LogP contribution in [0.25, 0.3) is 11.1 Å². The summed E-state index contributed by atoms with van der Waals surface area (Å²) in [5.74, 6) is 0.627. The quantitative estimate of drug-likeness (QED) is 0.356. The number of anilines is 1. The maximum absolute atomic E-state index is 12.6. The predicted molar refractivity (Wildman–Crippen MR) is 124 cm³/mol. The van der Waals surface area contributed by atoms with Gasteiger partial charge in [0.05, 0.1) is 13.7 Å². The number of esters is 1. The molecule has 0 saturated carbocycles. The number of amides is 1. The predicted octanol–water partition coefficient (Wildman–Crippen LogP) is 5.09. The van der Waals surface area contributed by atoms with Crippen LogP contribution in [0.4, 0.5) is 5.69 Å². The van der Waals surface area contributed by atoms with E-state index in [0.29, 0.717) is 24.5 Å². The Bertz CT molecular complexity index is 1020. The SMILES string of the molecule is COc1ccc(OCCCC(=O)OC(C)C(=O)Nc2ccccc2-c2ccccc2)cc1. The summed E-state index contributed by atoms with van der Waals surface area (Å²) < 4.78 is 16.0. The lowest BCUT2D eigenvalue weighted by molar-refractivity contribution is -0.153. The fourth-order valence-electron chi connectivity index (χ4n) is 3.08. The molecule has 166 valence electrons. The van der Waals surface area contributed by atoms with Crippen LogP contribution in [0.5, 0.6) is 11.5 Å². The van der Waals surface area contributed by atoms with Crippen LogP contribution in [-0.4, -0.2) is 31.7 Å². The van der Waals surface area contributed by atoms with Crippen molar-refractivity contribution in [3.63, 3.8) is 0 Å². The van der Waals surface area contributed by atoms with Gasteiger partial charge < -0.3 is 19.5 Å². The number of rotatable bonds is 10. The molecule has 0 radical (unpaired) electrons. The second-order valence-corrected chi connectivity index (χ2v) is 7.16. The van der Waals surface area contributed by atoms with E-state index in [9.17, 15) is 9.59 Å². The number of carbonyl (C=O) groups is 2. The monoisotopic (exact) mass is 433 g/mol. The first-order valence-corrected chi connectivity index (χ1v) is 10.5. The average Bonchev–Trinajstić information content (AvgIpc) is 2.83. The molecule has 6 nitrogen and oxygen atoms in total. The van der Waals surface area contributed by atoms with Gasteiger partial charge in [-0.05, 0) is 49.2 Å². The van der Waals surface area contributed by atoms with Crippen LogP contribution in [-0.2, 0) is 14.3 Å². The second-order valence-electron chi connectivity index (χ2n) is 7.16. The molecule has 0 bridgehead atoms. The van der Waals surface area contributed by atoms with Crippen molar-refractivity contribution in [2.45, 2.75) is 25.9 Å². The zero-order valence-corrected chi connectivity index (χ0v) is 18.2. The Hall–Kier alpha value is -3.80. The van der Waals surface area contributed by atoms with Gasteiger partial charge in [-0.3, -0.25) is 9.59 Å². The van der Waals surface area contributed by atoms with E-state index in [1.807, 2.05) is 54.6 Å². The molecule has 1 amide bonds. The van der Waals surface area contributed by atoms with Crippen molar-refractivity contribution < 1.29 is 23.8 Å². The highest BCUT2D eigenvalue weighted by molar-refractivity contribution is 5.98. The number of carbonyl (C=O) groups excluding carboxylic acids is 2. The standard InChI is InChI=1S/C26H27NO5/c1-19(32-25(28)13-8-18-31-22-16-14-21(30-2)15-17-22)26(29)27-24-12-7-6-11-23(24)20-9-4-3-5-10-20/h3-7,9-12,14-17,19H,8,13,18H2,1-2H3,(H,27,29). The Morgan fingerprint density at radius 2 is 1.53 bits per heavy atom. The minimum atomic E-state index is -0.908. The molecule has 0 aliphatic rings. The number of benzene rings is 3. The number of nitrogens with one attached hydrogen (secondary N) is 1. The summed E-state index contributed by atoms with van der Waals surface area (Å²) in [5, 5.41) is 2.86. The number of hydrogen-bond donors (Lipinski definition) is 1. The summed E-state index contributed by atoms with van der Waals surface area (Å²) in [7, 11) is 1.60. The normalized spacial score (nSPS) is 11.3. The molecule has 3 aromatic rings. The molecule has 1 N–H and O–H groups in total. The molecule has 32 heavy (non-hydrogen) atoms. The van der Waals surface area contributed by atoms with Crippen LogP contribution in [0, 0.1) is 0 Å². The van der Waals surface area contributed by atoms with E-state index < -0.39 is 12.1 Å². The van der Waals surface area contributed by atoms with Gasteiger partial charge in [-0.15, -0.1) is 0 Å². The third kappa shape index (κ3) is 6.60. The van der Waals surface area contributed by atoms with Crippen LogP contribution >= 0.6 is 0 Å². The Labute approximate surface area is 188 Å². The number of methoxy groups -OCH3 is 1. The van der Waals surface area contributed by atoms with Gasteiger partial charge in [-0.1, -0.05) is 48.5 Å². The largest absolute Gasteiger partial charge is 0.497 e. The molecule has 0 aliphatic carbocycles. The second kappa shape index (κ2) is 11.6. The van der Waals surface area contributed by atoms with Gasteiger partial charge in [-0.2, -0.15) is 0 Å². The van der Waals surface area contributed by atoms with E-state index in [1.165, 1.54) is 0 Å². The molecule has 1 atom stereocenters. The van der Waals surface area contributed by atoms with E-state index in [2.05, 4.69) is 5.32 Å². The number of para-hydroxylation sites is 1. The fourth-order valence-corrected chi connectivity index (χ4v) is 3.08. The van der Waals surface area contributed by atoms with Crippen LogP contribution in [0.2, 0.25) is 0 Å². The molecule has 0 aliphatic heterocycles. The highest BCUT2D eigenvalue weighted by Gasteiger charge is 2.19. The molecule has 0 spiro atoms. The van der Waals surface area contributed by atoms with Gasteiger partial charge in [0.1, 0.15) is 11.5 Å². The van der Waals surface area contributed by atoms with E-state index in [1.54, 1.807) is 38.3 Å². The molecular weight excluding hydrogens is 406 g/mol. The average molecular weight is 434 g/mol. The highest BCUT2D eigenvalue weighted by atomic mass is 16.5. The summed E-state index contributed by atoms with van der Waals surface area (Å²) in [6.45, 7) is 1.93. The third-order valence-corrected chi connectivity index (χ3v) is 4.80. The Morgan fingerprint density at radius 1 is 0.875 bits per heavy atom. The molecule has 0 aromatic heterocycles. The van der Waals surface area contributed by atoms with Crippen molar-refractivity contribution in [3.05, 3.63) is 78.9 Å². The number of hydrogen-bond acceptors (Lipinski definition) is 5. The maximum atomic E-state index is 12.6. The van der Waals surface area contributed by atoms with Crippen molar-refractivity contribution in [1.82, 2.24) is 0 Å². The third-order valence-electron chi connectivity index (χ3n) is 4.80. The summed E-state index contributed by atoms with van der Waals surface area (Å²) in [6, 6.07) is 24.5. The highest BCUT2D eigenvalue weighted by Crippen LogP contribution is 2.27. The molecule has 1 unspecified atom stereocenters. The summed E-state index contributed by atoms with van der Waals surface area (Å²) in [4.78, 5) is 24.7. The molecule has 3 aromatic carbocycles. The van der Waals surface area contributed by atoms with Crippen LogP contribution in [0.3, 0.4) is 0 Å². The molecule has 0 saturated heterocycles. The lowest BCUT2D eigenvalue weighted by Crippen LogP contribution is -2.30. The van der Waals surface area contributed by atoms with E-state index in [4.69, 9.17) is 14.2 Å².